The molecule has 1 aromatic carbocycles. The Balaban J connectivity index is 1.72. The van der Waals surface area contributed by atoms with Crippen molar-refractivity contribution in [2.45, 2.75) is 52.5 Å². The van der Waals surface area contributed by atoms with Crippen LogP contribution in [0, 0.1) is 25.7 Å². The van der Waals surface area contributed by atoms with Gasteiger partial charge in [0, 0.05) is 25.2 Å². The van der Waals surface area contributed by atoms with Gasteiger partial charge in [-0.15, -0.1) is 0 Å². The molecule has 6 heteroatoms. The molecule has 2 fully saturated rings. The van der Waals surface area contributed by atoms with Crippen molar-refractivity contribution in [1.82, 2.24) is 9.80 Å². The van der Waals surface area contributed by atoms with E-state index in [1.165, 1.54) is 4.90 Å². The average molecular weight is 386 g/mol. The second-order valence-corrected chi connectivity index (χ2v) is 8.48. The molecule has 2 saturated heterocycles. The highest BCUT2D eigenvalue weighted by molar-refractivity contribution is 5.95. The summed E-state index contributed by atoms with van der Waals surface area (Å²) in [5, 5.41) is 9.56. The summed E-state index contributed by atoms with van der Waals surface area (Å²) in [5.74, 6) is -1.11. The van der Waals surface area contributed by atoms with E-state index in [2.05, 4.69) is 0 Å². The number of carboxylic acid groups (broad SMARTS) is 1. The normalized spacial score (nSPS) is 25.5. The minimum absolute atomic E-state index is 0.0497. The third-order valence-electron chi connectivity index (χ3n) is 5.96. The zero-order valence-electron chi connectivity index (χ0n) is 17.0. The summed E-state index contributed by atoms with van der Waals surface area (Å²) < 4.78 is 0. The lowest BCUT2D eigenvalue weighted by Gasteiger charge is -2.40. The van der Waals surface area contributed by atoms with Crippen LogP contribution >= 0.6 is 0 Å². The van der Waals surface area contributed by atoms with Crippen molar-refractivity contribution in [3.8, 4) is 0 Å². The van der Waals surface area contributed by atoms with Crippen molar-refractivity contribution in [2.75, 3.05) is 19.6 Å². The van der Waals surface area contributed by atoms with Gasteiger partial charge < -0.3 is 14.9 Å². The first-order chi connectivity index (χ1) is 13.3. The molecule has 3 rings (SSSR count). The maximum atomic E-state index is 13.1. The molecule has 2 aliphatic heterocycles. The summed E-state index contributed by atoms with van der Waals surface area (Å²) in [7, 11) is 0. The van der Waals surface area contributed by atoms with Gasteiger partial charge in [-0.2, -0.15) is 0 Å². The minimum Gasteiger partial charge on any atom is -0.480 e. The standard InChI is InChI=1S/C22H30N2O4/c1-14-6-8-24(19(12-14)22(27)28)21(26)17-5-4-7-23(13-17)20(25)18-10-15(2)9-16(3)11-18/h9-11,14,17,19H,4-8,12-13H2,1-3H3,(H,27,28). The number of hydrogen-bond donors (Lipinski definition) is 1. The Hall–Kier alpha value is -2.37. The van der Waals surface area contributed by atoms with Gasteiger partial charge in [-0.05, 0) is 57.6 Å². The number of carbonyl (C=O) groups is 3. The van der Waals surface area contributed by atoms with E-state index in [0.717, 1.165) is 24.0 Å². The van der Waals surface area contributed by atoms with Crippen LogP contribution in [0.5, 0.6) is 0 Å². The number of aryl methyl sites for hydroxylation is 2. The molecule has 152 valence electrons. The first kappa shape index (κ1) is 20.4. The molecule has 2 aliphatic rings. The van der Waals surface area contributed by atoms with E-state index in [9.17, 15) is 19.5 Å². The average Bonchev–Trinajstić information content (AvgIpc) is 2.66. The fourth-order valence-corrected chi connectivity index (χ4v) is 4.52. The smallest absolute Gasteiger partial charge is 0.326 e. The third kappa shape index (κ3) is 4.37. The van der Waals surface area contributed by atoms with Gasteiger partial charge in [-0.3, -0.25) is 9.59 Å². The number of carbonyl (C=O) groups excluding carboxylic acids is 2. The monoisotopic (exact) mass is 386 g/mol. The van der Waals surface area contributed by atoms with E-state index in [0.29, 0.717) is 44.0 Å². The summed E-state index contributed by atoms with van der Waals surface area (Å²) >= 11 is 0. The van der Waals surface area contributed by atoms with Crippen LogP contribution in [-0.2, 0) is 9.59 Å². The molecule has 2 heterocycles. The first-order valence-corrected chi connectivity index (χ1v) is 10.2. The molecule has 3 unspecified atom stereocenters. The van der Waals surface area contributed by atoms with Crippen LogP contribution in [0.1, 0.15) is 54.1 Å². The molecule has 0 aromatic heterocycles. The van der Waals surface area contributed by atoms with Crippen LogP contribution in [0.25, 0.3) is 0 Å². The minimum atomic E-state index is -0.932. The summed E-state index contributed by atoms with van der Waals surface area (Å²) in [5.41, 5.74) is 2.74. The lowest BCUT2D eigenvalue weighted by atomic mass is 9.89. The summed E-state index contributed by atoms with van der Waals surface area (Å²) in [6, 6.07) is 5.05. The number of aliphatic carboxylic acids is 1. The van der Waals surface area contributed by atoms with Gasteiger partial charge in [-0.1, -0.05) is 24.1 Å². The van der Waals surface area contributed by atoms with E-state index in [1.54, 1.807) is 4.90 Å². The van der Waals surface area contributed by atoms with Crippen LogP contribution in [0.15, 0.2) is 18.2 Å². The van der Waals surface area contributed by atoms with Crippen molar-refractivity contribution in [3.05, 3.63) is 34.9 Å². The number of nitrogens with zero attached hydrogens (tertiary/aromatic N) is 2. The topological polar surface area (TPSA) is 77.9 Å². The van der Waals surface area contributed by atoms with E-state index in [1.807, 2.05) is 39.0 Å². The largest absolute Gasteiger partial charge is 0.480 e. The number of carboxylic acids is 1. The molecule has 0 saturated carbocycles. The molecule has 28 heavy (non-hydrogen) atoms. The Morgan fingerprint density at radius 1 is 1.04 bits per heavy atom. The Morgan fingerprint density at radius 2 is 1.71 bits per heavy atom. The Bertz CT molecular complexity index is 756. The molecule has 2 amide bonds. The van der Waals surface area contributed by atoms with Crippen LogP contribution in [0.3, 0.4) is 0 Å². The van der Waals surface area contributed by atoms with Gasteiger partial charge in [0.15, 0.2) is 0 Å². The number of rotatable bonds is 3. The second kappa shape index (κ2) is 8.33. The fourth-order valence-electron chi connectivity index (χ4n) is 4.52. The van der Waals surface area contributed by atoms with Crippen LogP contribution < -0.4 is 0 Å². The summed E-state index contributed by atoms with van der Waals surface area (Å²) in [6.45, 7) is 7.45. The van der Waals surface area contributed by atoms with Gasteiger partial charge in [0.2, 0.25) is 5.91 Å². The summed E-state index contributed by atoms with van der Waals surface area (Å²) in [4.78, 5) is 41.0. The van der Waals surface area contributed by atoms with Gasteiger partial charge >= 0.3 is 5.97 Å². The zero-order valence-corrected chi connectivity index (χ0v) is 17.0. The molecular formula is C22H30N2O4. The van der Waals surface area contributed by atoms with E-state index >= 15 is 0 Å². The lowest BCUT2D eigenvalue weighted by Crippen LogP contribution is -2.54. The van der Waals surface area contributed by atoms with E-state index < -0.39 is 12.0 Å². The van der Waals surface area contributed by atoms with Crippen molar-refractivity contribution >= 4 is 17.8 Å². The zero-order chi connectivity index (χ0) is 20.4. The van der Waals surface area contributed by atoms with Crippen molar-refractivity contribution in [3.63, 3.8) is 0 Å². The quantitative estimate of drug-likeness (QED) is 0.866. The van der Waals surface area contributed by atoms with Crippen molar-refractivity contribution in [2.24, 2.45) is 11.8 Å². The van der Waals surface area contributed by atoms with Gasteiger partial charge in [-0.25, -0.2) is 4.79 Å². The summed E-state index contributed by atoms with van der Waals surface area (Å²) in [6.07, 6.45) is 2.79. The Kier molecular flexibility index (Phi) is 6.06. The molecule has 3 atom stereocenters. The molecule has 0 spiro atoms. The second-order valence-electron chi connectivity index (χ2n) is 8.48. The maximum Gasteiger partial charge on any atom is 0.326 e. The van der Waals surface area contributed by atoms with Gasteiger partial charge in [0.25, 0.3) is 5.91 Å². The lowest BCUT2D eigenvalue weighted by molar-refractivity contribution is -0.155. The Labute approximate surface area is 166 Å². The molecule has 0 bridgehead atoms. The SMILES string of the molecule is Cc1cc(C)cc(C(=O)N2CCCC(C(=O)N3CCC(C)CC3C(=O)O)C2)c1. The van der Waals surface area contributed by atoms with Gasteiger partial charge in [0.1, 0.15) is 6.04 Å². The molecule has 1 aromatic rings. The molecule has 0 radical (unpaired) electrons. The predicted octanol–water partition coefficient (Wildman–Crippen LogP) is 2.87. The fraction of sp³-hybridized carbons (Fsp3) is 0.591. The van der Waals surface area contributed by atoms with Crippen LogP contribution in [0.2, 0.25) is 0 Å². The highest BCUT2D eigenvalue weighted by Gasteiger charge is 2.39. The molecule has 1 N–H and O–H groups in total. The molecule has 6 nitrogen and oxygen atoms in total. The number of likely N-dealkylation sites (tertiary alicyclic amines) is 2. The van der Waals surface area contributed by atoms with Gasteiger partial charge in [0.05, 0.1) is 5.92 Å². The highest BCUT2D eigenvalue weighted by Crippen LogP contribution is 2.27. The highest BCUT2D eigenvalue weighted by atomic mass is 16.4. The van der Waals surface area contributed by atoms with E-state index in [-0.39, 0.29) is 17.7 Å². The Morgan fingerprint density at radius 3 is 2.36 bits per heavy atom. The number of piperidine rings is 2. The third-order valence-corrected chi connectivity index (χ3v) is 5.96. The van der Waals surface area contributed by atoms with E-state index in [4.69, 9.17) is 0 Å². The van der Waals surface area contributed by atoms with Crippen molar-refractivity contribution < 1.29 is 19.5 Å². The maximum absolute atomic E-state index is 13.1. The van der Waals surface area contributed by atoms with Crippen molar-refractivity contribution in [1.29, 1.82) is 0 Å². The molecule has 0 aliphatic carbocycles. The first-order valence-electron chi connectivity index (χ1n) is 10.2. The van der Waals surface area contributed by atoms with Crippen LogP contribution in [-0.4, -0.2) is 58.4 Å². The van der Waals surface area contributed by atoms with Crippen LogP contribution in [0.4, 0.5) is 0 Å². The predicted molar refractivity (Wildman–Crippen MR) is 106 cm³/mol. The number of amides is 2. The number of benzene rings is 1. The number of hydrogen-bond acceptors (Lipinski definition) is 3. The molecular weight excluding hydrogens is 356 g/mol.